The lowest BCUT2D eigenvalue weighted by atomic mass is 10.1. The standard InChI is InChI=1S/C15H16N4O2S/c1-18(10-8-11-5-3-4-6-12(11)21-2)15-17-19-13(20)7-9-16-14(19)22-15/h3-7,9H,8,10H2,1-2H3. The Balaban J connectivity index is 1.77. The van der Waals surface area contributed by atoms with E-state index in [1.54, 1.807) is 7.11 Å². The minimum absolute atomic E-state index is 0.161. The summed E-state index contributed by atoms with van der Waals surface area (Å²) in [5.74, 6) is 0.887. The maximum atomic E-state index is 11.7. The summed E-state index contributed by atoms with van der Waals surface area (Å²) in [6.07, 6.45) is 2.34. The summed E-state index contributed by atoms with van der Waals surface area (Å²) in [6, 6.07) is 9.37. The van der Waals surface area contributed by atoms with Crippen LogP contribution in [0.1, 0.15) is 5.56 Å². The number of hydrogen-bond acceptors (Lipinski definition) is 6. The largest absolute Gasteiger partial charge is 0.496 e. The Morgan fingerprint density at radius 3 is 2.91 bits per heavy atom. The highest BCUT2D eigenvalue weighted by Crippen LogP contribution is 2.22. The molecule has 0 radical (unpaired) electrons. The van der Waals surface area contributed by atoms with Gasteiger partial charge in [-0.05, 0) is 18.1 Å². The van der Waals surface area contributed by atoms with Gasteiger partial charge in [0.1, 0.15) is 5.75 Å². The Hall–Kier alpha value is -2.41. The molecule has 0 N–H and O–H groups in total. The molecule has 0 bridgehead atoms. The van der Waals surface area contributed by atoms with Crippen LogP contribution < -0.4 is 15.2 Å². The molecular weight excluding hydrogens is 300 g/mol. The van der Waals surface area contributed by atoms with E-state index in [9.17, 15) is 4.79 Å². The lowest BCUT2D eigenvalue weighted by molar-refractivity contribution is 0.409. The highest BCUT2D eigenvalue weighted by Gasteiger charge is 2.11. The summed E-state index contributed by atoms with van der Waals surface area (Å²) in [6.45, 7) is 0.773. The van der Waals surface area contributed by atoms with Gasteiger partial charge >= 0.3 is 0 Å². The van der Waals surface area contributed by atoms with E-state index >= 15 is 0 Å². The Bertz CT molecular complexity index is 843. The Kier molecular flexibility index (Phi) is 4.06. The zero-order chi connectivity index (χ0) is 15.5. The zero-order valence-electron chi connectivity index (χ0n) is 12.4. The average molecular weight is 316 g/mol. The maximum absolute atomic E-state index is 11.7. The summed E-state index contributed by atoms with van der Waals surface area (Å²) in [7, 11) is 3.63. The van der Waals surface area contributed by atoms with Gasteiger partial charge in [0.2, 0.25) is 10.1 Å². The normalized spacial score (nSPS) is 10.8. The van der Waals surface area contributed by atoms with Gasteiger partial charge in [-0.1, -0.05) is 29.5 Å². The molecule has 0 aliphatic heterocycles. The van der Waals surface area contributed by atoms with Crippen molar-refractivity contribution in [2.45, 2.75) is 6.42 Å². The minimum atomic E-state index is -0.161. The third-order valence-electron chi connectivity index (χ3n) is 3.40. The number of anilines is 1. The number of ether oxygens (including phenoxy) is 1. The van der Waals surface area contributed by atoms with Gasteiger partial charge in [-0.25, -0.2) is 4.98 Å². The van der Waals surface area contributed by atoms with Gasteiger partial charge in [-0.15, -0.1) is 5.10 Å². The Labute approximate surface area is 131 Å². The molecule has 3 rings (SSSR count). The van der Waals surface area contributed by atoms with Crippen molar-refractivity contribution < 1.29 is 4.74 Å². The van der Waals surface area contributed by atoms with E-state index < -0.39 is 0 Å². The molecule has 6 nitrogen and oxygen atoms in total. The fraction of sp³-hybridized carbons (Fsp3) is 0.267. The Morgan fingerprint density at radius 1 is 1.32 bits per heavy atom. The predicted octanol–water partition coefficient (Wildman–Crippen LogP) is 1.84. The molecule has 0 aliphatic carbocycles. The highest BCUT2D eigenvalue weighted by atomic mass is 32.1. The van der Waals surface area contributed by atoms with Crippen LogP contribution in [0.15, 0.2) is 41.3 Å². The first kappa shape index (κ1) is 14.5. The summed E-state index contributed by atoms with van der Waals surface area (Å²) in [4.78, 5) is 18.5. The molecule has 2 aromatic heterocycles. The molecular formula is C15H16N4O2S. The van der Waals surface area contributed by atoms with Crippen LogP contribution in [-0.2, 0) is 6.42 Å². The quantitative estimate of drug-likeness (QED) is 0.719. The second kappa shape index (κ2) is 6.15. The average Bonchev–Trinajstić information content (AvgIpc) is 2.98. The summed E-state index contributed by atoms with van der Waals surface area (Å²) >= 11 is 1.40. The third-order valence-corrected chi connectivity index (χ3v) is 4.43. The van der Waals surface area contributed by atoms with Gasteiger partial charge in [0.25, 0.3) is 5.56 Å². The number of fused-ring (bicyclic) bond motifs is 1. The third kappa shape index (κ3) is 2.80. The van der Waals surface area contributed by atoms with Crippen molar-refractivity contribution in [2.24, 2.45) is 0 Å². The van der Waals surface area contributed by atoms with Gasteiger partial charge in [0.15, 0.2) is 0 Å². The van der Waals surface area contributed by atoms with Crippen LogP contribution in [0.25, 0.3) is 4.96 Å². The molecule has 2 heterocycles. The van der Waals surface area contributed by atoms with Crippen molar-refractivity contribution in [2.75, 3.05) is 25.6 Å². The first-order chi connectivity index (χ1) is 10.7. The van der Waals surface area contributed by atoms with Crippen molar-refractivity contribution >= 4 is 21.4 Å². The molecule has 114 valence electrons. The number of likely N-dealkylation sites (N-methyl/N-ethyl adjacent to an activating group) is 1. The molecule has 0 amide bonds. The highest BCUT2D eigenvalue weighted by molar-refractivity contribution is 7.20. The molecule has 0 spiro atoms. The SMILES string of the molecule is COc1ccccc1CCN(C)c1nn2c(=O)ccnc2s1. The van der Waals surface area contributed by atoms with Crippen molar-refractivity contribution in [3.05, 3.63) is 52.4 Å². The van der Waals surface area contributed by atoms with Gasteiger partial charge < -0.3 is 9.64 Å². The maximum Gasteiger partial charge on any atom is 0.275 e. The van der Waals surface area contributed by atoms with E-state index in [0.717, 1.165) is 29.4 Å². The van der Waals surface area contributed by atoms with Crippen molar-refractivity contribution in [1.29, 1.82) is 0 Å². The topological polar surface area (TPSA) is 59.7 Å². The van der Waals surface area contributed by atoms with Crippen LogP contribution in [0.3, 0.4) is 0 Å². The summed E-state index contributed by atoms with van der Waals surface area (Å²) in [5.41, 5.74) is 0.985. The molecule has 0 saturated carbocycles. The molecule has 0 fully saturated rings. The first-order valence-corrected chi connectivity index (χ1v) is 7.68. The predicted molar refractivity (Wildman–Crippen MR) is 87.1 cm³/mol. The molecule has 22 heavy (non-hydrogen) atoms. The number of nitrogens with zero attached hydrogens (tertiary/aromatic N) is 4. The van der Waals surface area contributed by atoms with Gasteiger partial charge in [-0.3, -0.25) is 4.79 Å². The van der Waals surface area contributed by atoms with E-state index in [0.29, 0.717) is 4.96 Å². The number of rotatable bonds is 5. The fourth-order valence-electron chi connectivity index (χ4n) is 2.18. The summed E-state index contributed by atoms with van der Waals surface area (Å²) < 4.78 is 6.69. The van der Waals surface area contributed by atoms with Crippen molar-refractivity contribution in [3.63, 3.8) is 0 Å². The van der Waals surface area contributed by atoms with E-state index in [1.165, 1.54) is 28.1 Å². The summed E-state index contributed by atoms with van der Waals surface area (Å²) in [5, 5.41) is 5.09. The van der Waals surface area contributed by atoms with Gasteiger partial charge in [-0.2, -0.15) is 4.52 Å². The van der Waals surface area contributed by atoms with Gasteiger partial charge in [0, 0.05) is 25.9 Å². The van der Waals surface area contributed by atoms with Crippen LogP contribution in [0.5, 0.6) is 5.75 Å². The van der Waals surface area contributed by atoms with Crippen LogP contribution in [0, 0.1) is 0 Å². The number of aromatic nitrogens is 3. The minimum Gasteiger partial charge on any atom is -0.496 e. The van der Waals surface area contributed by atoms with Crippen molar-refractivity contribution in [3.8, 4) is 5.75 Å². The second-order valence-electron chi connectivity index (χ2n) is 4.85. The van der Waals surface area contributed by atoms with E-state index in [-0.39, 0.29) is 5.56 Å². The van der Waals surface area contributed by atoms with Crippen molar-refractivity contribution in [1.82, 2.24) is 14.6 Å². The van der Waals surface area contributed by atoms with Crippen LogP contribution in [-0.4, -0.2) is 35.3 Å². The van der Waals surface area contributed by atoms with Crippen LogP contribution >= 0.6 is 11.3 Å². The first-order valence-electron chi connectivity index (χ1n) is 6.87. The molecule has 0 saturated heterocycles. The molecule has 0 atom stereocenters. The molecule has 7 heteroatoms. The second-order valence-corrected chi connectivity index (χ2v) is 5.78. The number of methoxy groups -OCH3 is 1. The molecule has 0 aliphatic rings. The Morgan fingerprint density at radius 2 is 2.14 bits per heavy atom. The van der Waals surface area contributed by atoms with E-state index in [1.807, 2.05) is 30.1 Å². The van der Waals surface area contributed by atoms with E-state index in [2.05, 4.69) is 16.1 Å². The number of benzene rings is 1. The van der Waals surface area contributed by atoms with Gasteiger partial charge in [0.05, 0.1) is 7.11 Å². The number of hydrogen-bond donors (Lipinski definition) is 0. The monoisotopic (exact) mass is 316 g/mol. The number of para-hydroxylation sites is 1. The molecule has 0 unspecified atom stereocenters. The lowest BCUT2D eigenvalue weighted by Crippen LogP contribution is -2.21. The fourth-order valence-corrected chi connectivity index (χ4v) is 3.04. The zero-order valence-corrected chi connectivity index (χ0v) is 13.2. The van der Waals surface area contributed by atoms with Crippen LogP contribution in [0.4, 0.5) is 5.13 Å². The smallest absolute Gasteiger partial charge is 0.275 e. The van der Waals surface area contributed by atoms with Crippen LogP contribution in [0.2, 0.25) is 0 Å². The molecule has 1 aromatic carbocycles. The lowest BCUT2D eigenvalue weighted by Gasteiger charge is -2.16. The van der Waals surface area contributed by atoms with E-state index in [4.69, 9.17) is 4.74 Å². The molecule has 3 aromatic rings.